The van der Waals surface area contributed by atoms with Crippen molar-refractivity contribution in [1.82, 2.24) is 4.98 Å². The van der Waals surface area contributed by atoms with Gasteiger partial charge in [-0.05, 0) is 65.2 Å². The Morgan fingerprint density at radius 1 is 0.444 bits per heavy atom. The van der Waals surface area contributed by atoms with Crippen LogP contribution in [0.1, 0.15) is 58.3 Å². The number of carbonyl (C=O) groups excluding carboxylic acids is 4. The zero-order valence-electron chi connectivity index (χ0n) is 44.2. The van der Waals surface area contributed by atoms with Crippen molar-refractivity contribution in [2.45, 2.75) is 81.2 Å². The normalized spacial score (nSPS) is 21.8. The molecule has 7 aromatic carbocycles. The minimum Gasteiger partial charge on any atom is -0.458 e. The van der Waals surface area contributed by atoms with Crippen molar-refractivity contribution in [3.8, 4) is 0 Å². The summed E-state index contributed by atoms with van der Waals surface area (Å²) < 4.78 is 71.4. The summed E-state index contributed by atoms with van der Waals surface area (Å²) in [6, 6.07) is 64.1. The summed E-state index contributed by atoms with van der Waals surface area (Å²) in [5, 5.41) is 0.857. The largest absolute Gasteiger partial charge is 0.458 e. The van der Waals surface area contributed by atoms with E-state index in [1.54, 1.807) is 103 Å². The molecule has 0 aliphatic carbocycles. The minimum absolute atomic E-state index is 0.0831. The zero-order chi connectivity index (χ0) is 55.8. The number of hydrogen-bond donors (Lipinski definition) is 0. The molecule has 1 unspecified atom stereocenters. The Morgan fingerprint density at radius 3 is 1.46 bits per heavy atom. The lowest BCUT2D eigenvalue weighted by Crippen LogP contribution is -2.63. The van der Waals surface area contributed by atoms with Crippen LogP contribution in [0.15, 0.2) is 218 Å². The number of methoxy groups -OCH3 is 1. The van der Waals surface area contributed by atoms with E-state index in [0.717, 1.165) is 22.1 Å². The fourth-order valence-corrected chi connectivity index (χ4v) is 9.50. The van der Waals surface area contributed by atoms with Crippen molar-refractivity contribution >= 4 is 34.8 Å². The first-order valence-electron chi connectivity index (χ1n) is 26.5. The van der Waals surface area contributed by atoms with Gasteiger partial charge in [0, 0.05) is 12.5 Å². The predicted octanol–water partition coefficient (Wildman–Crippen LogP) is 9.94. The molecular weight excluding hydrogens is 1030 g/mol. The Kier molecular flexibility index (Phi) is 19.0. The van der Waals surface area contributed by atoms with Gasteiger partial charge < -0.3 is 52.1 Å². The van der Waals surface area contributed by atoms with Crippen LogP contribution >= 0.6 is 0 Å². The molecule has 2 fully saturated rings. The summed E-state index contributed by atoms with van der Waals surface area (Å²) in [5.41, 5.74) is 3.76. The van der Waals surface area contributed by atoms with Gasteiger partial charge in [0.25, 0.3) is 0 Å². The van der Waals surface area contributed by atoms with Crippen molar-refractivity contribution in [3.63, 3.8) is 0 Å². The highest BCUT2D eigenvalue weighted by Crippen LogP contribution is 2.36. The first kappa shape index (κ1) is 55.8. The Balaban J connectivity index is 1.00. The molecule has 0 radical (unpaired) electrons. The highest BCUT2D eigenvalue weighted by atomic mass is 16.8. The molecule has 3 heterocycles. The Morgan fingerprint density at radius 2 is 0.914 bits per heavy atom. The molecule has 0 saturated carbocycles. The SMILES string of the molecule is CO[C@H]1O[C@H](COC2O[C@@H]([C@H](COC(=O)c3ccc4ccccc4n3)OCc3ccccc3)[C@H](OCc3ccccc3)[C@H]2OCc2ccccc2)[C@@H](OC(=O)c2ccccc2)[C@H](OC(=O)c2ccccc2)[C@H]1OC(=O)c1ccccc1. The number of pyridine rings is 1. The number of ether oxygens (including phenoxy) is 11. The smallest absolute Gasteiger partial charge is 0.357 e. The third-order valence-electron chi connectivity index (χ3n) is 13.6. The van der Waals surface area contributed by atoms with Crippen LogP contribution in [0.25, 0.3) is 10.9 Å². The molecule has 0 amide bonds. The van der Waals surface area contributed by atoms with Crippen LogP contribution in [0, 0.1) is 0 Å². The average Bonchev–Trinajstić information content (AvgIpc) is 4.02. The second kappa shape index (κ2) is 27.6. The van der Waals surface area contributed by atoms with Crippen LogP contribution in [-0.2, 0) is 71.9 Å². The number of carbonyl (C=O) groups is 4. The van der Waals surface area contributed by atoms with Gasteiger partial charge in [-0.2, -0.15) is 0 Å². The molecule has 414 valence electrons. The van der Waals surface area contributed by atoms with Gasteiger partial charge in [0.1, 0.15) is 42.8 Å². The van der Waals surface area contributed by atoms with Crippen LogP contribution in [0.4, 0.5) is 0 Å². The summed E-state index contributed by atoms with van der Waals surface area (Å²) in [6.45, 7) is -0.473. The summed E-state index contributed by atoms with van der Waals surface area (Å²) >= 11 is 0. The molecule has 0 N–H and O–H groups in total. The zero-order valence-corrected chi connectivity index (χ0v) is 44.2. The Bertz CT molecular complexity index is 3290. The second-order valence-electron chi connectivity index (χ2n) is 19.1. The predicted molar refractivity (Wildman–Crippen MR) is 294 cm³/mol. The van der Waals surface area contributed by atoms with E-state index < -0.39 is 91.9 Å². The number of para-hydroxylation sites is 1. The molecule has 2 aliphatic rings. The number of nitrogens with zero attached hydrogens (tertiary/aromatic N) is 1. The van der Waals surface area contributed by atoms with Crippen molar-refractivity contribution in [2.75, 3.05) is 20.3 Å². The average molecular weight is 1090 g/mol. The van der Waals surface area contributed by atoms with Crippen molar-refractivity contribution in [2.24, 2.45) is 0 Å². The topological polar surface area (TPSA) is 183 Å². The molecule has 81 heavy (non-hydrogen) atoms. The van der Waals surface area contributed by atoms with Crippen molar-refractivity contribution in [3.05, 3.63) is 257 Å². The Labute approximate surface area is 468 Å². The second-order valence-corrected chi connectivity index (χ2v) is 19.1. The fourth-order valence-electron chi connectivity index (χ4n) is 9.50. The lowest BCUT2D eigenvalue weighted by molar-refractivity contribution is -0.303. The van der Waals surface area contributed by atoms with E-state index in [2.05, 4.69) is 4.98 Å². The first-order valence-corrected chi connectivity index (χ1v) is 26.5. The van der Waals surface area contributed by atoms with Crippen LogP contribution in [0.5, 0.6) is 0 Å². The number of fused-ring (bicyclic) bond motifs is 1. The van der Waals surface area contributed by atoms with Gasteiger partial charge in [0.2, 0.25) is 0 Å². The molecule has 2 saturated heterocycles. The minimum atomic E-state index is -1.56. The molecule has 2 aliphatic heterocycles. The van der Waals surface area contributed by atoms with Crippen molar-refractivity contribution in [1.29, 1.82) is 0 Å². The maximum atomic E-state index is 14.3. The molecule has 10 rings (SSSR count). The van der Waals surface area contributed by atoms with E-state index in [1.165, 1.54) is 7.11 Å². The standard InChI is InChI=1S/C65H59NO15/c1-71-64-59(80-62(69)49-33-18-7-19-34-49)57(79-61(68)48-31-16-6-17-32-48)55(78-60(67)47-29-14-5-15-30-47)53(77-64)42-76-65-58(74-40-45-26-12-4-13-27-45)56(73-39-44-24-10-3-11-25-44)54(81-65)52(72-38-43-22-8-2-9-23-43)41-75-63(70)51-37-36-46-28-20-21-35-50(46)66-51/h2-37,52-59,64-65H,38-42H2,1H3/t52-,53+,54-,55+,56-,57-,58+,59+,64-,65?/m0/s1. The number of esters is 4. The third-order valence-corrected chi connectivity index (χ3v) is 13.6. The summed E-state index contributed by atoms with van der Waals surface area (Å²) in [6.07, 6.45) is -12.7. The van der Waals surface area contributed by atoms with Gasteiger partial charge in [0.05, 0.1) is 48.6 Å². The molecule has 10 atom stereocenters. The van der Waals surface area contributed by atoms with E-state index in [1.807, 2.05) is 115 Å². The van der Waals surface area contributed by atoms with Gasteiger partial charge in [-0.25, -0.2) is 24.2 Å². The summed E-state index contributed by atoms with van der Waals surface area (Å²) in [4.78, 5) is 60.8. The molecule has 0 spiro atoms. The highest BCUT2D eigenvalue weighted by Gasteiger charge is 2.55. The van der Waals surface area contributed by atoms with Gasteiger partial charge in [-0.1, -0.05) is 170 Å². The van der Waals surface area contributed by atoms with E-state index in [4.69, 9.17) is 52.1 Å². The van der Waals surface area contributed by atoms with Crippen LogP contribution < -0.4 is 0 Å². The van der Waals surface area contributed by atoms with E-state index in [9.17, 15) is 19.2 Å². The summed E-state index contributed by atoms with van der Waals surface area (Å²) in [5.74, 6) is -3.09. The monoisotopic (exact) mass is 1090 g/mol. The molecule has 16 heteroatoms. The van der Waals surface area contributed by atoms with E-state index >= 15 is 0 Å². The third kappa shape index (κ3) is 14.5. The van der Waals surface area contributed by atoms with Gasteiger partial charge >= 0.3 is 23.9 Å². The van der Waals surface area contributed by atoms with E-state index in [0.29, 0.717) is 5.52 Å². The van der Waals surface area contributed by atoms with Crippen molar-refractivity contribution < 1.29 is 71.3 Å². The van der Waals surface area contributed by atoms with E-state index in [-0.39, 0.29) is 48.8 Å². The number of hydrogen-bond acceptors (Lipinski definition) is 16. The van der Waals surface area contributed by atoms with Gasteiger partial charge in [-0.3, -0.25) is 0 Å². The maximum Gasteiger partial charge on any atom is 0.357 e. The number of benzene rings is 7. The Hall–Kier alpha value is -8.45. The lowest BCUT2D eigenvalue weighted by atomic mass is 9.97. The van der Waals surface area contributed by atoms with Gasteiger partial charge in [-0.15, -0.1) is 0 Å². The molecular formula is C65H59NO15. The first-order chi connectivity index (χ1) is 39.8. The lowest BCUT2D eigenvalue weighted by Gasteiger charge is -2.44. The van der Waals surface area contributed by atoms with Crippen LogP contribution in [0.3, 0.4) is 0 Å². The molecule has 16 nitrogen and oxygen atoms in total. The quantitative estimate of drug-likeness (QED) is 0.0435. The number of rotatable bonds is 23. The highest BCUT2D eigenvalue weighted by molar-refractivity contribution is 5.92. The molecule has 1 aromatic heterocycles. The molecule has 8 aromatic rings. The fraction of sp³-hybridized carbons (Fsp3) is 0.246. The van der Waals surface area contributed by atoms with Crippen LogP contribution in [0.2, 0.25) is 0 Å². The maximum absolute atomic E-state index is 14.3. The summed E-state index contributed by atoms with van der Waals surface area (Å²) in [7, 11) is 1.34. The number of aromatic nitrogens is 1. The van der Waals surface area contributed by atoms with Crippen LogP contribution in [-0.4, -0.2) is 111 Å². The van der Waals surface area contributed by atoms with Gasteiger partial charge in [0.15, 0.2) is 30.9 Å². The molecule has 0 bridgehead atoms.